The van der Waals surface area contributed by atoms with Crippen LogP contribution in [0.3, 0.4) is 0 Å². The van der Waals surface area contributed by atoms with E-state index in [0.29, 0.717) is 18.5 Å². The third-order valence-corrected chi connectivity index (χ3v) is 3.81. The van der Waals surface area contributed by atoms with Crippen molar-refractivity contribution in [2.45, 2.75) is 26.4 Å². The van der Waals surface area contributed by atoms with Crippen LogP contribution in [-0.2, 0) is 11.3 Å². The monoisotopic (exact) mass is 371 g/mol. The Balaban J connectivity index is 2.16. The normalized spacial score (nSPS) is 10.3. The van der Waals surface area contributed by atoms with Gasteiger partial charge in [0.2, 0.25) is 0 Å². The number of nitrogen functional groups attached to an aromatic ring is 1. The van der Waals surface area contributed by atoms with Gasteiger partial charge in [0.25, 0.3) is 5.91 Å². The first kappa shape index (κ1) is 20.2. The van der Waals surface area contributed by atoms with Gasteiger partial charge in [-0.25, -0.2) is 9.37 Å². The summed E-state index contributed by atoms with van der Waals surface area (Å²) in [6, 6.07) is 6.12. The summed E-state index contributed by atoms with van der Waals surface area (Å²) in [7, 11) is 1.54. The van der Waals surface area contributed by atoms with Crippen LogP contribution in [0.1, 0.15) is 34.5 Å². The third-order valence-electron chi connectivity index (χ3n) is 3.81. The van der Waals surface area contributed by atoms with Crippen LogP contribution in [0, 0.1) is 25.1 Å². The number of amides is 1. The van der Waals surface area contributed by atoms with Gasteiger partial charge in [-0.1, -0.05) is 6.07 Å². The van der Waals surface area contributed by atoms with Gasteiger partial charge in [-0.3, -0.25) is 4.79 Å². The highest BCUT2D eigenvalue weighted by molar-refractivity contribution is 6.07. The lowest BCUT2D eigenvalue weighted by molar-refractivity contribution is 0.102. The second-order valence-corrected chi connectivity index (χ2v) is 5.85. The smallest absolute Gasteiger partial charge is 0.259 e. The molecule has 0 radical (unpaired) electrons. The highest BCUT2D eigenvalue weighted by Gasteiger charge is 2.17. The van der Waals surface area contributed by atoms with Crippen molar-refractivity contribution >= 4 is 17.4 Å². The molecule has 2 rings (SSSR count). The Labute approximate surface area is 157 Å². The largest absolute Gasteiger partial charge is 0.490 e. The number of rotatable bonds is 8. The molecular formula is C20H22FN3O3. The van der Waals surface area contributed by atoms with Gasteiger partial charge in [-0.2, -0.15) is 0 Å². The zero-order valence-electron chi connectivity index (χ0n) is 15.3. The summed E-state index contributed by atoms with van der Waals surface area (Å²) in [5, 5.41) is 2.51. The van der Waals surface area contributed by atoms with Gasteiger partial charge < -0.3 is 20.5 Å². The molecule has 1 heterocycles. The Hall–Kier alpha value is -3.11. The van der Waals surface area contributed by atoms with Crippen molar-refractivity contribution in [3.05, 3.63) is 46.9 Å². The van der Waals surface area contributed by atoms with Crippen LogP contribution in [0.4, 0.5) is 15.9 Å². The fourth-order valence-corrected chi connectivity index (χ4v) is 2.40. The number of benzene rings is 1. The Kier molecular flexibility index (Phi) is 7.15. The molecule has 0 saturated carbocycles. The number of unbranched alkanes of at least 4 members (excludes halogenated alkanes) is 1. The van der Waals surface area contributed by atoms with Gasteiger partial charge in [0.1, 0.15) is 5.82 Å². The van der Waals surface area contributed by atoms with Gasteiger partial charge in [-0.05, 0) is 37.1 Å². The molecule has 27 heavy (non-hydrogen) atoms. The van der Waals surface area contributed by atoms with E-state index in [1.54, 1.807) is 26.2 Å². The maximum Gasteiger partial charge on any atom is 0.259 e. The molecule has 2 aromatic rings. The number of halogens is 1. The predicted molar refractivity (Wildman–Crippen MR) is 102 cm³/mol. The molecule has 0 spiro atoms. The maximum atomic E-state index is 14.6. The number of pyridine rings is 1. The molecular weight excluding hydrogens is 349 g/mol. The molecule has 0 aliphatic rings. The van der Waals surface area contributed by atoms with E-state index in [-0.39, 0.29) is 36.0 Å². The van der Waals surface area contributed by atoms with Crippen LogP contribution >= 0.6 is 0 Å². The molecule has 0 aliphatic heterocycles. The lowest BCUT2D eigenvalue weighted by Gasteiger charge is -2.13. The number of hydrogen-bond donors (Lipinski definition) is 2. The summed E-state index contributed by atoms with van der Waals surface area (Å²) in [5.41, 5.74) is 7.42. The molecule has 7 heteroatoms. The highest BCUT2D eigenvalue weighted by atomic mass is 19.1. The van der Waals surface area contributed by atoms with Crippen LogP contribution < -0.4 is 15.8 Å². The minimum absolute atomic E-state index is 0.00697. The first-order valence-corrected chi connectivity index (χ1v) is 8.39. The number of nitrogens with one attached hydrogen (secondary N) is 1. The van der Waals surface area contributed by atoms with Crippen molar-refractivity contribution in [2.24, 2.45) is 0 Å². The summed E-state index contributed by atoms with van der Waals surface area (Å²) >= 11 is 0. The summed E-state index contributed by atoms with van der Waals surface area (Å²) in [6.07, 6.45) is 6.33. The molecule has 1 amide bonds. The molecule has 0 bridgehead atoms. The fourth-order valence-electron chi connectivity index (χ4n) is 2.40. The average molecular weight is 371 g/mol. The van der Waals surface area contributed by atoms with E-state index in [2.05, 4.69) is 16.2 Å². The van der Waals surface area contributed by atoms with E-state index >= 15 is 0 Å². The molecule has 1 aromatic heterocycles. The quantitative estimate of drug-likeness (QED) is 0.549. The number of aromatic nitrogens is 1. The number of methoxy groups -OCH3 is 1. The van der Waals surface area contributed by atoms with Gasteiger partial charge >= 0.3 is 0 Å². The molecule has 0 fully saturated rings. The van der Waals surface area contributed by atoms with Crippen LogP contribution in [0.15, 0.2) is 24.3 Å². The van der Waals surface area contributed by atoms with Crippen LogP contribution in [0.2, 0.25) is 0 Å². The van der Waals surface area contributed by atoms with E-state index < -0.39 is 11.7 Å². The van der Waals surface area contributed by atoms with Gasteiger partial charge in [0.05, 0.1) is 30.2 Å². The van der Waals surface area contributed by atoms with E-state index in [4.69, 9.17) is 21.6 Å². The highest BCUT2D eigenvalue weighted by Crippen LogP contribution is 2.26. The Bertz CT molecular complexity index is 862. The number of nitrogens with two attached hydrogens (primary N) is 1. The molecule has 142 valence electrons. The maximum absolute atomic E-state index is 14.6. The Morgan fingerprint density at radius 2 is 2.22 bits per heavy atom. The zero-order chi connectivity index (χ0) is 19.8. The van der Waals surface area contributed by atoms with Crippen molar-refractivity contribution < 1.29 is 18.7 Å². The number of hydrogen-bond acceptors (Lipinski definition) is 5. The van der Waals surface area contributed by atoms with Crippen LogP contribution in [0.25, 0.3) is 0 Å². The molecule has 0 unspecified atom stereocenters. The lowest BCUT2D eigenvalue weighted by atomic mass is 10.1. The van der Waals surface area contributed by atoms with Crippen molar-refractivity contribution in [1.82, 2.24) is 4.98 Å². The summed E-state index contributed by atoms with van der Waals surface area (Å²) < 4.78 is 25.0. The van der Waals surface area contributed by atoms with Gasteiger partial charge in [-0.15, -0.1) is 12.3 Å². The van der Waals surface area contributed by atoms with E-state index in [1.807, 2.05) is 0 Å². The zero-order valence-corrected chi connectivity index (χ0v) is 15.3. The second-order valence-electron chi connectivity index (χ2n) is 5.85. The summed E-state index contributed by atoms with van der Waals surface area (Å²) in [4.78, 5) is 16.7. The standard InChI is InChI=1S/C20H22FN3O3/c1-4-5-6-10-27-17-9-7-8-15(18(17)21)24-20(25)14-11-13(2)16(12-26-3)23-19(14)22/h1,7-9,11H,5-6,10,12H2,2-3H3,(H2,22,23)(H,24,25). The van der Waals surface area contributed by atoms with Gasteiger partial charge in [0.15, 0.2) is 11.6 Å². The SMILES string of the molecule is C#CCCCOc1cccc(NC(=O)c2cc(C)c(COC)nc2N)c1F. The summed E-state index contributed by atoms with van der Waals surface area (Å²) in [5.74, 6) is 1.36. The van der Waals surface area contributed by atoms with E-state index in [0.717, 1.165) is 5.56 Å². The minimum atomic E-state index is -0.661. The molecule has 1 aromatic carbocycles. The first-order chi connectivity index (χ1) is 13.0. The van der Waals surface area contributed by atoms with E-state index in [1.165, 1.54) is 12.1 Å². The van der Waals surface area contributed by atoms with Crippen LogP contribution in [0.5, 0.6) is 5.75 Å². The molecule has 0 aliphatic carbocycles. The molecule has 6 nitrogen and oxygen atoms in total. The van der Waals surface area contributed by atoms with Gasteiger partial charge in [0, 0.05) is 13.5 Å². The number of terminal acetylenes is 1. The van der Waals surface area contributed by atoms with E-state index in [9.17, 15) is 9.18 Å². The minimum Gasteiger partial charge on any atom is -0.490 e. The van der Waals surface area contributed by atoms with Crippen molar-refractivity contribution in [3.8, 4) is 18.1 Å². The fraction of sp³-hybridized carbons (Fsp3) is 0.300. The van der Waals surface area contributed by atoms with Crippen molar-refractivity contribution in [1.29, 1.82) is 0 Å². The molecule has 0 atom stereocenters. The topological polar surface area (TPSA) is 86.5 Å². The number of ether oxygens (including phenoxy) is 2. The second kappa shape index (κ2) is 9.55. The first-order valence-electron chi connectivity index (χ1n) is 8.39. The number of aryl methyl sites for hydroxylation is 1. The number of nitrogens with zero attached hydrogens (tertiary/aromatic N) is 1. The predicted octanol–water partition coefficient (Wildman–Crippen LogP) is 3.30. The Morgan fingerprint density at radius 3 is 2.93 bits per heavy atom. The number of carbonyl (C=O) groups excluding carboxylic acids is 1. The van der Waals surface area contributed by atoms with Crippen LogP contribution in [-0.4, -0.2) is 24.6 Å². The Morgan fingerprint density at radius 1 is 1.44 bits per heavy atom. The number of anilines is 2. The van der Waals surface area contributed by atoms with Crippen molar-refractivity contribution in [2.75, 3.05) is 24.8 Å². The third kappa shape index (κ3) is 5.19. The lowest BCUT2D eigenvalue weighted by Crippen LogP contribution is -2.17. The molecule has 3 N–H and O–H groups in total. The van der Waals surface area contributed by atoms with Crippen molar-refractivity contribution in [3.63, 3.8) is 0 Å². The molecule has 0 saturated heterocycles. The summed E-state index contributed by atoms with van der Waals surface area (Å²) in [6.45, 7) is 2.37. The average Bonchev–Trinajstić information content (AvgIpc) is 2.64. The number of carbonyl (C=O) groups is 1.